The van der Waals surface area contributed by atoms with Gasteiger partial charge in [-0.15, -0.1) is 0 Å². The summed E-state index contributed by atoms with van der Waals surface area (Å²) in [5.41, 5.74) is 0. The molecule has 63 heavy (non-hydrogen) atoms. The number of carbonyl (C=O) groups excluding carboxylic acids is 1. The van der Waals surface area contributed by atoms with Crippen molar-refractivity contribution >= 4 is 5.91 Å². The maximum Gasteiger partial charge on any atom is 0.222 e. The number of aliphatic hydroxyl groups excluding tert-OH is 3. The summed E-state index contributed by atoms with van der Waals surface area (Å²) in [4.78, 5) is 12.5. The van der Waals surface area contributed by atoms with Crippen molar-refractivity contribution in [1.29, 1.82) is 0 Å². The Labute approximate surface area is 393 Å². The van der Waals surface area contributed by atoms with Crippen LogP contribution in [0.15, 0.2) is 48.6 Å². The summed E-state index contributed by atoms with van der Waals surface area (Å²) in [5, 5.41) is 33.3. The Morgan fingerprint density at radius 2 is 0.730 bits per heavy atom. The number of aliphatic hydroxyl groups is 3. The number of hydrogen-bond acceptors (Lipinski definition) is 4. The van der Waals surface area contributed by atoms with E-state index in [1.807, 2.05) is 6.08 Å². The fourth-order valence-electron chi connectivity index (χ4n) is 8.56. The molecule has 1 amide bonds. The highest BCUT2D eigenvalue weighted by Gasteiger charge is 2.20. The fourth-order valence-corrected chi connectivity index (χ4v) is 8.56. The van der Waals surface area contributed by atoms with Gasteiger partial charge in [0.15, 0.2) is 0 Å². The van der Waals surface area contributed by atoms with Gasteiger partial charge in [-0.1, -0.05) is 268 Å². The van der Waals surface area contributed by atoms with Crippen LogP contribution in [0.4, 0.5) is 0 Å². The van der Waals surface area contributed by atoms with E-state index in [1.165, 1.54) is 225 Å². The van der Waals surface area contributed by atoms with E-state index < -0.39 is 18.2 Å². The van der Waals surface area contributed by atoms with E-state index >= 15 is 0 Å². The van der Waals surface area contributed by atoms with Gasteiger partial charge in [0.2, 0.25) is 5.91 Å². The van der Waals surface area contributed by atoms with Gasteiger partial charge in [0.05, 0.1) is 31.3 Å². The molecular weight excluding hydrogens is 775 g/mol. The first-order valence-electron chi connectivity index (χ1n) is 27.9. The topological polar surface area (TPSA) is 89.8 Å². The number of amides is 1. The molecule has 4 N–H and O–H groups in total. The molecule has 3 atom stereocenters. The van der Waals surface area contributed by atoms with Crippen LogP contribution in [-0.4, -0.2) is 46.1 Å². The zero-order valence-corrected chi connectivity index (χ0v) is 42.2. The molecule has 0 aromatic carbocycles. The minimum absolute atomic E-state index is 0.00586. The van der Waals surface area contributed by atoms with Crippen molar-refractivity contribution in [1.82, 2.24) is 5.32 Å². The van der Waals surface area contributed by atoms with Crippen molar-refractivity contribution in [3.8, 4) is 0 Å². The van der Waals surface area contributed by atoms with E-state index in [4.69, 9.17) is 0 Å². The van der Waals surface area contributed by atoms with Crippen molar-refractivity contribution in [2.24, 2.45) is 0 Å². The normalized spacial score (nSPS) is 13.7. The average molecular weight is 885 g/mol. The lowest BCUT2D eigenvalue weighted by atomic mass is 10.0. The van der Waals surface area contributed by atoms with E-state index in [1.54, 1.807) is 6.08 Å². The van der Waals surface area contributed by atoms with Gasteiger partial charge in [-0.05, 0) is 64.2 Å². The maximum absolute atomic E-state index is 12.5. The Hall–Kier alpha value is -1.69. The van der Waals surface area contributed by atoms with Crippen molar-refractivity contribution in [3.63, 3.8) is 0 Å². The first-order valence-corrected chi connectivity index (χ1v) is 27.9. The van der Waals surface area contributed by atoms with Gasteiger partial charge in [-0.25, -0.2) is 0 Å². The lowest BCUT2D eigenvalue weighted by Crippen LogP contribution is -2.45. The highest BCUT2D eigenvalue weighted by atomic mass is 16.3. The molecule has 0 aliphatic carbocycles. The second-order valence-electron chi connectivity index (χ2n) is 19.2. The molecule has 0 bridgehead atoms. The number of rotatable bonds is 51. The quantitative estimate of drug-likeness (QED) is 0.0362. The van der Waals surface area contributed by atoms with Gasteiger partial charge >= 0.3 is 0 Å². The van der Waals surface area contributed by atoms with E-state index in [0.29, 0.717) is 6.42 Å². The van der Waals surface area contributed by atoms with Crippen LogP contribution in [0, 0.1) is 0 Å². The number of allylic oxidation sites excluding steroid dienone is 7. The number of carbonyl (C=O) groups is 1. The van der Waals surface area contributed by atoms with Crippen LogP contribution >= 0.6 is 0 Å². The van der Waals surface area contributed by atoms with Crippen LogP contribution in [-0.2, 0) is 4.79 Å². The molecule has 0 aliphatic rings. The average Bonchev–Trinajstić information content (AvgIpc) is 3.28. The van der Waals surface area contributed by atoms with Gasteiger partial charge in [-0.3, -0.25) is 4.79 Å². The molecular formula is C58H109NO4. The summed E-state index contributed by atoms with van der Waals surface area (Å²) in [6.07, 6.45) is 70.3. The molecule has 0 saturated heterocycles. The van der Waals surface area contributed by atoms with E-state index in [9.17, 15) is 20.1 Å². The van der Waals surface area contributed by atoms with Crippen molar-refractivity contribution in [3.05, 3.63) is 48.6 Å². The highest BCUT2D eigenvalue weighted by molar-refractivity contribution is 5.76. The Morgan fingerprint density at radius 3 is 1.11 bits per heavy atom. The molecule has 5 heteroatoms. The molecule has 0 spiro atoms. The Balaban J connectivity index is 3.52. The van der Waals surface area contributed by atoms with Gasteiger partial charge in [0.25, 0.3) is 0 Å². The molecule has 0 aromatic heterocycles. The summed E-state index contributed by atoms with van der Waals surface area (Å²) in [7, 11) is 0. The number of nitrogens with one attached hydrogen (secondary N) is 1. The molecule has 0 aromatic rings. The summed E-state index contributed by atoms with van der Waals surface area (Å²) < 4.78 is 0. The predicted octanol–water partition coefficient (Wildman–Crippen LogP) is 17.2. The third-order valence-corrected chi connectivity index (χ3v) is 12.8. The Kier molecular flexibility index (Phi) is 51.5. The lowest BCUT2D eigenvalue weighted by Gasteiger charge is -2.21. The monoisotopic (exact) mass is 884 g/mol. The minimum atomic E-state index is -0.952. The molecule has 5 nitrogen and oxygen atoms in total. The van der Waals surface area contributed by atoms with Crippen molar-refractivity contribution in [2.45, 2.75) is 308 Å². The largest absolute Gasteiger partial charge is 0.394 e. The van der Waals surface area contributed by atoms with Gasteiger partial charge in [-0.2, -0.15) is 0 Å². The maximum atomic E-state index is 12.5. The van der Waals surface area contributed by atoms with E-state index in [0.717, 1.165) is 38.5 Å². The van der Waals surface area contributed by atoms with Gasteiger partial charge in [0, 0.05) is 0 Å². The molecule has 3 unspecified atom stereocenters. The summed E-state index contributed by atoms with van der Waals surface area (Å²) in [6.45, 7) is 4.20. The number of hydrogen-bond donors (Lipinski definition) is 4. The first-order chi connectivity index (χ1) is 31.0. The van der Waals surface area contributed by atoms with Crippen LogP contribution in [0.2, 0.25) is 0 Å². The van der Waals surface area contributed by atoms with Crippen LogP contribution in [0.5, 0.6) is 0 Å². The molecule has 0 radical (unpaired) electrons. The second kappa shape index (κ2) is 52.9. The summed E-state index contributed by atoms with van der Waals surface area (Å²) in [6, 6.07) is -0.761. The predicted molar refractivity (Wildman–Crippen MR) is 277 cm³/mol. The molecule has 0 rings (SSSR count). The first kappa shape index (κ1) is 61.3. The third-order valence-electron chi connectivity index (χ3n) is 12.8. The van der Waals surface area contributed by atoms with Crippen molar-refractivity contribution in [2.75, 3.05) is 6.61 Å². The fraction of sp³-hybridized carbons (Fsp3) is 0.845. The Bertz CT molecular complexity index is 1020. The zero-order chi connectivity index (χ0) is 45.8. The van der Waals surface area contributed by atoms with Gasteiger partial charge < -0.3 is 20.6 Å². The third kappa shape index (κ3) is 49.6. The van der Waals surface area contributed by atoms with Crippen molar-refractivity contribution < 1.29 is 20.1 Å². The number of unbranched alkanes of at least 4 members (excludes halogenated alkanes) is 36. The van der Waals surface area contributed by atoms with Crippen LogP contribution in [0.25, 0.3) is 0 Å². The molecule has 0 saturated carbocycles. The van der Waals surface area contributed by atoms with E-state index in [-0.39, 0.29) is 18.9 Å². The summed E-state index contributed by atoms with van der Waals surface area (Å²) in [5.74, 6) is -0.325. The molecule has 0 aliphatic heterocycles. The zero-order valence-electron chi connectivity index (χ0n) is 42.2. The smallest absolute Gasteiger partial charge is 0.222 e. The van der Waals surface area contributed by atoms with Crippen LogP contribution in [0.1, 0.15) is 290 Å². The SMILES string of the molecule is CCCCCCCCC/C=C/CC/C=C/C(O)C(CO)NC(=O)CC(O)CCCCCCCCCCCCCCCCC/C=C\C/C=C\CCCCCCCCCCCCCCC. The van der Waals surface area contributed by atoms with Crippen LogP contribution in [0.3, 0.4) is 0 Å². The Morgan fingerprint density at radius 1 is 0.413 bits per heavy atom. The standard InChI is InChI=1S/C58H109NO4/c1-3-5-7-9-11-13-15-17-18-19-20-21-22-23-24-25-26-27-28-29-30-31-32-33-34-35-36-37-38-40-41-43-45-47-49-51-55(61)53-58(63)59-56(54-60)57(62)52-50-48-46-44-42-39-16-14-12-10-8-6-4-2/h24-25,27-28,42,44,50,52,55-57,60-62H,3-23,26,29-41,43,45-49,51,53-54H2,1-2H3,(H,59,63)/b25-24-,28-27-,44-42+,52-50+. The van der Waals surface area contributed by atoms with Crippen LogP contribution < -0.4 is 5.32 Å². The second-order valence-corrected chi connectivity index (χ2v) is 19.2. The molecule has 0 heterocycles. The van der Waals surface area contributed by atoms with E-state index in [2.05, 4.69) is 55.6 Å². The minimum Gasteiger partial charge on any atom is -0.394 e. The van der Waals surface area contributed by atoms with Gasteiger partial charge in [0.1, 0.15) is 0 Å². The summed E-state index contributed by atoms with van der Waals surface area (Å²) >= 11 is 0. The highest BCUT2D eigenvalue weighted by Crippen LogP contribution is 2.17. The molecule has 0 fully saturated rings. The molecule has 370 valence electrons. The lowest BCUT2D eigenvalue weighted by molar-refractivity contribution is -0.124.